The maximum Gasteiger partial charge on any atom is 0.168 e. The van der Waals surface area contributed by atoms with Crippen molar-refractivity contribution in [2.24, 2.45) is 4.99 Å². The van der Waals surface area contributed by atoms with Crippen LogP contribution in [0.4, 0.5) is 0 Å². The molecule has 1 aliphatic rings. The van der Waals surface area contributed by atoms with Crippen molar-refractivity contribution in [2.45, 2.75) is 25.4 Å². The van der Waals surface area contributed by atoms with E-state index in [0.29, 0.717) is 11.9 Å². The zero-order chi connectivity index (χ0) is 9.84. The number of rotatable bonds is 3. The minimum Gasteiger partial charge on any atom is -0.345 e. The van der Waals surface area contributed by atoms with Gasteiger partial charge >= 0.3 is 0 Å². The predicted octanol–water partition coefficient (Wildman–Crippen LogP) is 2.55. The number of aliphatic imine (C=N–C) groups is 1. The number of thioether (sulfide) groups is 1. The molecule has 2 nitrogen and oxygen atoms in total. The predicted molar refractivity (Wildman–Crippen MR) is 61.6 cm³/mol. The Kier molecular flexibility index (Phi) is 4.13. The molecule has 0 bridgehead atoms. The van der Waals surface area contributed by atoms with E-state index >= 15 is 0 Å². The van der Waals surface area contributed by atoms with E-state index in [2.05, 4.69) is 36.2 Å². The molecule has 0 fully saturated rings. The summed E-state index contributed by atoms with van der Waals surface area (Å²) in [6.45, 7) is 4.32. The Morgan fingerprint density at radius 2 is 2.38 bits per heavy atom. The van der Waals surface area contributed by atoms with E-state index in [0.717, 1.165) is 5.57 Å². The molecular formula is C9H15ClN2S. The van der Waals surface area contributed by atoms with Crippen LogP contribution in [0, 0.1) is 0 Å². The lowest BCUT2D eigenvalue weighted by Crippen LogP contribution is -2.35. The number of halogens is 1. The second-order valence-corrected chi connectivity index (χ2v) is 4.38. The van der Waals surface area contributed by atoms with Gasteiger partial charge in [-0.05, 0) is 20.1 Å². The van der Waals surface area contributed by atoms with Crippen LogP contribution < -0.4 is 0 Å². The third-order valence-electron chi connectivity index (χ3n) is 1.90. The van der Waals surface area contributed by atoms with Crippen molar-refractivity contribution >= 4 is 29.6 Å². The number of allylic oxidation sites excluding steroid dienone is 1. The maximum atomic E-state index is 5.75. The van der Waals surface area contributed by atoms with Gasteiger partial charge in [0.1, 0.15) is 0 Å². The van der Waals surface area contributed by atoms with Gasteiger partial charge in [-0.3, -0.25) is 4.99 Å². The topological polar surface area (TPSA) is 15.6 Å². The minimum atomic E-state index is 0.215. The van der Waals surface area contributed by atoms with Crippen molar-refractivity contribution < 1.29 is 0 Å². The van der Waals surface area contributed by atoms with Crippen molar-refractivity contribution in [3.63, 3.8) is 0 Å². The van der Waals surface area contributed by atoms with Gasteiger partial charge in [0.05, 0.1) is 5.88 Å². The molecule has 13 heavy (non-hydrogen) atoms. The molecule has 0 saturated heterocycles. The van der Waals surface area contributed by atoms with Gasteiger partial charge < -0.3 is 4.90 Å². The first-order chi connectivity index (χ1) is 6.19. The normalized spacial score (nSPS) is 22.4. The quantitative estimate of drug-likeness (QED) is 0.677. The minimum absolute atomic E-state index is 0.215. The summed E-state index contributed by atoms with van der Waals surface area (Å²) in [5, 5.41) is 0. The van der Waals surface area contributed by atoms with E-state index in [-0.39, 0.29) is 5.50 Å². The van der Waals surface area contributed by atoms with Crippen LogP contribution >= 0.6 is 23.4 Å². The summed E-state index contributed by atoms with van der Waals surface area (Å²) in [4.78, 5) is 6.64. The molecule has 0 spiro atoms. The highest BCUT2D eigenvalue weighted by atomic mass is 35.5. The van der Waals surface area contributed by atoms with Gasteiger partial charge in [0.15, 0.2) is 5.50 Å². The third kappa shape index (κ3) is 2.64. The van der Waals surface area contributed by atoms with Crippen molar-refractivity contribution in [3.8, 4) is 0 Å². The summed E-state index contributed by atoms with van der Waals surface area (Å²) in [7, 11) is 0. The van der Waals surface area contributed by atoms with Crippen molar-refractivity contribution in [1.82, 2.24) is 4.90 Å². The van der Waals surface area contributed by atoms with Crippen LogP contribution in [0.3, 0.4) is 0 Å². The molecule has 0 aromatic rings. The first-order valence-corrected chi connectivity index (χ1v) is 6.11. The molecule has 0 N–H and O–H groups in total. The molecule has 1 rings (SSSR count). The molecule has 1 heterocycles. The lowest BCUT2D eigenvalue weighted by Gasteiger charge is -2.33. The van der Waals surface area contributed by atoms with E-state index in [1.54, 1.807) is 11.8 Å². The van der Waals surface area contributed by atoms with Gasteiger partial charge in [-0.25, -0.2) is 0 Å². The van der Waals surface area contributed by atoms with Gasteiger partial charge in [0.25, 0.3) is 0 Å². The van der Waals surface area contributed by atoms with Crippen LogP contribution in [0.1, 0.15) is 13.8 Å². The maximum absolute atomic E-state index is 5.75. The number of hydrogen-bond acceptors (Lipinski definition) is 3. The lowest BCUT2D eigenvalue weighted by atomic mass is 10.3. The summed E-state index contributed by atoms with van der Waals surface area (Å²) < 4.78 is 0. The molecule has 1 aliphatic heterocycles. The van der Waals surface area contributed by atoms with E-state index < -0.39 is 0 Å². The number of hydrogen-bond donors (Lipinski definition) is 0. The van der Waals surface area contributed by atoms with Crippen molar-refractivity contribution in [2.75, 3.05) is 12.1 Å². The average molecular weight is 219 g/mol. The monoisotopic (exact) mass is 218 g/mol. The molecule has 0 radical (unpaired) electrons. The zero-order valence-electron chi connectivity index (χ0n) is 8.20. The summed E-state index contributed by atoms with van der Waals surface area (Å²) in [6, 6.07) is 0.466. The van der Waals surface area contributed by atoms with Crippen molar-refractivity contribution in [1.29, 1.82) is 0 Å². The summed E-state index contributed by atoms with van der Waals surface area (Å²) in [6.07, 6.45) is 6.04. The fourth-order valence-electron chi connectivity index (χ4n) is 1.18. The lowest BCUT2D eigenvalue weighted by molar-refractivity contribution is 0.294. The Morgan fingerprint density at radius 3 is 2.85 bits per heavy atom. The van der Waals surface area contributed by atoms with E-state index in [9.17, 15) is 0 Å². The Bertz CT molecular complexity index is 226. The van der Waals surface area contributed by atoms with E-state index in [4.69, 9.17) is 11.6 Å². The second kappa shape index (κ2) is 4.91. The summed E-state index contributed by atoms with van der Waals surface area (Å²) in [5.74, 6) is 0.536. The first kappa shape index (κ1) is 10.9. The molecule has 74 valence electrons. The molecule has 1 atom stereocenters. The highest BCUT2D eigenvalue weighted by molar-refractivity contribution is 7.99. The van der Waals surface area contributed by atoms with E-state index in [1.165, 1.54) is 0 Å². The second-order valence-electron chi connectivity index (χ2n) is 3.22. The molecular weight excluding hydrogens is 204 g/mol. The van der Waals surface area contributed by atoms with Crippen molar-refractivity contribution in [3.05, 3.63) is 11.8 Å². The number of alkyl halides is 1. The summed E-state index contributed by atoms with van der Waals surface area (Å²) >= 11 is 7.48. The SMILES string of the molecule is CSC1N=CC(CCl)=CN1C(C)C. The van der Waals surface area contributed by atoms with Crippen LogP contribution in [0.2, 0.25) is 0 Å². The van der Waals surface area contributed by atoms with Crippen LogP contribution in [0.15, 0.2) is 16.8 Å². The highest BCUT2D eigenvalue weighted by Crippen LogP contribution is 2.21. The Labute approximate surface area is 89.0 Å². The molecule has 0 aliphatic carbocycles. The number of nitrogens with zero attached hydrogens (tertiary/aromatic N) is 2. The fraction of sp³-hybridized carbons (Fsp3) is 0.667. The molecule has 0 amide bonds. The fourth-order valence-corrected chi connectivity index (χ4v) is 2.05. The Hall–Kier alpha value is -0.150. The molecule has 4 heteroatoms. The summed E-state index contributed by atoms with van der Waals surface area (Å²) in [5.41, 5.74) is 1.30. The van der Waals surface area contributed by atoms with Crippen LogP contribution in [0.25, 0.3) is 0 Å². The molecule has 0 saturated carbocycles. The first-order valence-electron chi connectivity index (χ1n) is 4.29. The van der Waals surface area contributed by atoms with Gasteiger partial charge in [-0.1, -0.05) is 0 Å². The molecule has 0 aromatic carbocycles. The van der Waals surface area contributed by atoms with Gasteiger partial charge in [-0.2, -0.15) is 0 Å². The third-order valence-corrected chi connectivity index (χ3v) is 2.99. The zero-order valence-corrected chi connectivity index (χ0v) is 9.77. The molecule has 1 unspecified atom stereocenters. The molecule has 0 aromatic heterocycles. The largest absolute Gasteiger partial charge is 0.345 e. The Morgan fingerprint density at radius 1 is 1.69 bits per heavy atom. The average Bonchev–Trinajstić information content (AvgIpc) is 2.16. The van der Waals surface area contributed by atoms with Gasteiger partial charge in [0, 0.05) is 24.0 Å². The van der Waals surface area contributed by atoms with Crippen LogP contribution in [-0.2, 0) is 0 Å². The standard InChI is InChI=1S/C9H15ClN2S/c1-7(2)12-6-8(4-10)5-11-9(12)13-3/h5-7,9H,4H2,1-3H3. The highest BCUT2D eigenvalue weighted by Gasteiger charge is 2.18. The van der Waals surface area contributed by atoms with E-state index in [1.807, 2.05) is 6.21 Å². The van der Waals surface area contributed by atoms with Crippen LogP contribution in [0.5, 0.6) is 0 Å². The smallest absolute Gasteiger partial charge is 0.168 e. The van der Waals surface area contributed by atoms with Gasteiger partial charge in [0.2, 0.25) is 0 Å². The van der Waals surface area contributed by atoms with Gasteiger partial charge in [-0.15, -0.1) is 23.4 Å². The van der Waals surface area contributed by atoms with Crippen LogP contribution in [-0.4, -0.2) is 34.8 Å². The Balaban J connectivity index is 2.76.